The molecular weight excluding hydrogens is 320 g/mol. The van der Waals surface area contributed by atoms with E-state index in [1.165, 1.54) is 4.31 Å². The van der Waals surface area contributed by atoms with E-state index in [1.54, 1.807) is 0 Å². The molecule has 1 heterocycles. The van der Waals surface area contributed by atoms with Gasteiger partial charge in [-0.25, -0.2) is 8.42 Å². The monoisotopic (exact) mass is 344 g/mol. The second-order valence-corrected chi connectivity index (χ2v) is 9.51. The molecular formula is C15H24N2O5S. The molecule has 7 nitrogen and oxygen atoms in total. The number of hydrogen-bond donors (Lipinski definition) is 1. The summed E-state index contributed by atoms with van der Waals surface area (Å²) < 4.78 is 32.3. The second kappa shape index (κ2) is 5.26. The molecule has 0 aromatic rings. The summed E-state index contributed by atoms with van der Waals surface area (Å²) in [5, 5.41) is 0. The first kappa shape index (κ1) is 16.9. The van der Waals surface area contributed by atoms with E-state index in [-0.39, 0.29) is 42.6 Å². The predicted molar refractivity (Wildman–Crippen MR) is 82.9 cm³/mol. The van der Waals surface area contributed by atoms with Gasteiger partial charge in [-0.05, 0) is 24.2 Å². The van der Waals surface area contributed by atoms with Crippen molar-refractivity contribution in [1.82, 2.24) is 4.31 Å². The molecule has 23 heavy (non-hydrogen) atoms. The average Bonchev–Trinajstić information content (AvgIpc) is 2.81. The zero-order valence-electron chi connectivity index (χ0n) is 13.6. The van der Waals surface area contributed by atoms with Crippen LogP contribution in [0.4, 0.5) is 0 Å². The van der Waals surface area contributed by atoms with Gasteiger partial charge in [0.2, 0.25) is 15.9 Å². The number of ketones is 1. The van der Waals surface area contributed by atoms with Crippen LogP contribution in [0.25, 0.3) is 0 Å². The molecule has 2 N–H and O–H groups in total. The van der Waals surface area contributed by atoms with Crippen LogP contribution in [-0.4, -0.2) is 56.0 Å². The van der Waals surface area contributed by atoms with Crippen molar-refractivity contribution in [1.29, 1.82) is 0 Å². The molecule has 0 spiro atoms. The van der Waals surface area contributed by atoms with Crippen LogP contribution in [0.15, 0.2) is 0 Å². The normalized spacial score (nSPS) is 37.2. The highest BCUT2D eigenvalue weighted by atomic mass is 32.2. The zero-order valence-corrected chi connectivity index (χ0v) is 14.4. The number of rotatable bonds is 4. The van der Waals surface area contributed by atoms with Crippen molar-refractivity contribution in [3.05, 3.63) is 0 Å². The van der Waals surface area contributed by atoms with Crippen LogP contribution in [0.5, 0.6) is 0 Å². The van der Waals surface area contributed by atoms with Gasteiger partial charge >= 0.3 is 0 Å². The summed E-state index contributed by atoms with van der Waals surface area (Å²) in [6.45, 7) is 4.29. The van der Waals surface area contributed by atoms with E-state index in [1.807, 2.05) is 13.8 Å². The fourth-order valence-corrected chi connectivity index (χ4v) is 6.76. The molecule has 3 atom stereocenters. The maximum absolute atomic E-state index is 12.9. The van der Waals surface area contributed by atoms with E-state index < -0.39 is 27.4 Å². The lowest BCUT2D eigenvalue weighted by Crippen LogP contribution is -2.53. The van der Waals surface area contributed by atoms with Crippen molar-refractivity contribution < 1.29 is 22.7 Å². The number of nitrogens with two attached hydrogens (primary N) is 1. The molecule has 8 heteroatoms. The quantitative estimate of drug-likeness (QED) is 0.766. The Hall–Kier alpha value is -0.990. The standard InChI is InChI=1S/C15H24N2O5S/c1-14(2)10-3-4-15(14,12(18)7-10)9-23(20,21)17-5-6-22-11(8-17)13(16)19/h10-11H,3-9H2,1-2H3,(H2,16,19). The zero-order chi connectivity index (χ0) is 17.0. The Morgan fingerprint density at radius 1 is 1.43 bits per heavy atom. The largest absolute Gasteiger partial charge is 0.367 e. The third-order valence-corrected chi connectivity index (χ3v) is 8.28. The first-order valence-corrected chi connectivity index (χ1v) is 9.63. The molecule has 0 aromatic carbocycles. The molecule has 3 aliphatic rings. The molecule has 1 amide bonds. The molecule has 2 aliphatic carbocycles. The average molecular weight is 344 g/mol. The first-order valence-electron chi connectivity index (χ1n) is 8.02. The van der Waals surface area contributed by atoms with Crippen LogP contribution in [0.3, 0.4) is 0 Å². The van der Waals surface area contributed by atoms with Crippen molar-refractivity contribution in [2.45, 2.75) is 39.2 Å². The van der Waals surface area contributed by atoms with E-state index in [2.05, 4.69) is 0 Å². The lowest BCUT2D eigenvalue weighted by Gasteiger charge is -2.39. The molecule has 1 aliphatic heterocycles. The lowest BCUT2D eigenvalue weighted by molar-refractivity contribution is -0.133. The molecule has 3 unspecified atom stereocenters. The maximum Gasteiger partial charge on any atom is 0.247 e. The van der Waals surface area contributed by atoms with Crippen LogP contribution in [0.2, 0.25) is 0 Å². The summed E-state index contributed by atoms with van der Waals surface area (Å²) in [4.78, 5) is 23.8. The number of carbonyl (C=O) groups is 2. The number of fused-ring (bicyclic) bond motifs is 2. The topological polar surface area (TPSA) is 107 Å². The molecule has 3 rings (SSSR count). The van der Waals surface area contributed by atoms with E-state index in [9.17, 15) is 18.0 Å². The highest BCUT2D eigenvalue weighted by Crippen LogP contribution is 2.64. The number of morpholine rings is 1. The summed E-state index contributed by atoms with van der Waals surface area (Å²) in [5.41, 5.74) is 4.13. The Labute approximate surface area is 136 Å². The molecule has 1 saturated heterocycles. The van der Waals surface area contributed by atoms with Crippen LogP contribution in [-0.2, 0) is 24.3 Å². The fraction of sp³-hybridized carbons (Fsp3) is 0.867. The van der Waals surface area contributed by atoms with E-state index in [0.717, 1.165) is 6.42 Å². The maximum atomic E-state index is 12.9. The van der Waals surface area contributed by atoms with E-state index >= 15 is 0 Å². The minimum absolute atomic E-state index is 0.0637. The SMILES string of the molecule is CC1(C)C2CCC1(CS(=O)(=O)N1CCOC(C(N)=O)C1)C(=O)C2. The summed E-state index contributed by atoms with van der Waals surface area (Å²) in [7, 11) is -3.66. The van der Waals surface area contributed by atoms with E-state index in [0.29, 0.717) is 12.8 Å². The molecule has 2 saturated carbocycles. The van der Waals surface area contributed by atoms with Gasteiger partial charge in [0.1, 0.15) is 11.9 Å². The summed E-state index contributed by atoms with van der Waals surface area (Å²) >= 11 is 0. The van der Waals surface area contributed by atoms with E-state index in [4.69, 9.17) is 10.5 Å². The Morgan fingerprint density at radius 2 is 2.13 bits per heavy atom. The number of ether oxygens (including phenoxy) is 1. The van der Waals surface area contributed by atoms with Crippen molar-refractivity contribution >= 4 is 21.7 Å². The number of primary amides is 1. The highest BCUT2D eigenvalue weighted by molar-refractivity contribution is 7.89. The number of amides is 1. The molecule has 0 radical (unpaired) electrons. The van der Waals surface area contributed by atoms with Gasteiger partial charge in [0.15, 0.2) is 0 Å². The number of carbonyl (C=O) groups excluding carboxylic acids is 2. The van der Waals surface area contributed by atoms with Gasteiger partial charge in [-0.1, -0.05) is 13.8 Å². The first-order chi connectivity index (χ1) is 10.6. The van der Waals surface area contributed by atoms with Gasteiger partial charge in [-0.15, -0.1) is 0 Å². The molecule has 2 bridgehead atoms. The van der Waals surface area contributed by atoms with Gasteiger partial charge < -0.3 is 10.5 Å². The predicted octanol–water partition coefficient (Wildman–Crippen LogP) is -0.102. The third kappa shape index (κ3) is 2.42. The number of nitrogens with zero attached hydrogens (tertiary/aromatic N) is 1. The van der Waals surface area contributed by atoms with Crippen LogP contribution in [0, 0.1) is 16.7 Å². The van der Waals surface area contributed by atoms with Crippen molar-refractivity contribution in [3.8, 4) is 0 Å². The van der Waals surface area contributed by atoms with Crippen molar-refractivity contribution in [3.63, 3.8) is 0 Å². The number of Topliss-reactive ketones (excluding diaryl/α,β-unsaturated/α-hetero) is 1. The summed E-state index contributed by atoms with van der Waals surface area (Å²) in [6.07, 6.45) is 1.10. The number of sulfonamides is 1. The summed E-state index contributed by atoms with van der Waals surface area (Å²) in [6, 6.07) is 0. The molecule has 3 fully saturated rings. The number of hydrogen-bond acceptors (Lipinski definition) is 5. The lowest BCUT2D eigenvalue weighted by atomic mass is 9.70. The van der Waals surface area contributed by atoms with Gasteiger partial charge in [0.25, 0.3) is 0 Å². The van der Waals surface area contributed by atoms with Gasteiger partial charge in [0, 0.05) is 24.9 Å². The van der Waals surface area contributed by atoms with Crippen LogP contribution in [0.1, 0.15) is 33.1 Å². The van der Waals surface area contributed by atoms with Gasteiger partial charge in [-0.2, -0.15) is 4.31 Å². The smallest absolute Gasteiger partial charge is 0.247 e. The van der Waals surface area contributed by atoms with Crippen LogP contribution < -0.4 is 5.73 Å². The fourth-order valence-electron chi connectivity index (χ4n) is 4.56. The third-order valence-electron chi connectivity index (χ3n) is 6.31. The van der Waals surface area contributed by atoms with Gasteiger partial charge in [-0.3, -0.25) is 9.59 Å². The Kier molecular flexibility index (Phi) is 3.85. The molecule has 130 valence electrons. The minimum atomic E-state index is -3.66. The second-order valence-electron chi connectivity index (χ2n) is 7.54. The minimum Gasteiger partial charge on any atom is -0.367 e. The Morgan fingerprint density at radius 3 is 2.65 bits per heavy atom. The van der Waals surface area contributed by atoms with Crippen molar-refractivity contribution in [2.75, 3.05) is 25.4 Å². The highest BCUT2D eigenvalue weighted by Gasteiger charge is 2.65. The summed E-state index contributed by atoms with van der Waals surface area (Å²) in [5.74, 6) is -0.495. The van der Waals surface area contributed by atoms with Gasteiger partial charge in [0.05, 0.1) is 12.4 Å². The Bertz CT molecular complexity index is 644. The molecule has 0 aromatic heterocycles. The van der Waals surface area contributed by atoms with Crippen molar-refractivity contribution in [2.24, 2.45) is 22.5 Å². The Balaban J connectivity index is 1.84. The van der Waals surface area contributed by atoms with Crippen LogP contribution >= 0.6 is 0 Å².